The second-order valence-electron chi connectivity index (χ2n) is 3.12. The Kier molecular flexibility index (Phi) is 3.69. The molecule has 0 bridgehead atoms. The molecule has 0 spiro atoms. The molecule has 1 aromatic rings. The third-order valence-electron chi connectivity index (χ3n) is 1.91. The number of nitriles is 1. The number of hydrogen-bond donors (Lipinski definition) is 1. The molecule has 0 saturated carbocycles. The van der Waals surface area contributed by atoms with Gasteiger partial charge in [0.2, 0.25) is 0 Å². The molecule has 0 radical (unpaired) electrons. The number of benzene rings is 1. The number of para-hydroxylation sites is 1. The van der Waals surface area contributed by atoms with Crippen LogP contribution in [0.4, 0.5) is 5.69 Å². The van der Waals surface area contributed by atoms with E-state index in [0.717, 1.165) is 12.0 Å². The number of rotatable bonds is 4. The molecule has 1 N–H and O–H groups in total. The third kappa shape index (κ3) is 2.60. The van der Waals surface area contributed by atoms with Crippen LogP contribution in [0.5, 0.6) is 0 Å². The first-order chi connectivity index (χ1) is 6.77. The quantitative estimate of drug-likeness (QED) is 0.736. The van der Waals surface area contributed by atoms with Crippen LogP contribution in [-0.2, 0) is 0 Å². The van der Waals surface area contributed by atoms with Gasteiger partial charge in [-0.1, -0.05) is 12.1 Å². The van der Waals surface area contributed by atoms with Crippen LogP contribution in [0.2, 0.25) is 0 Å². The van der Waals surface area contributed by atoms with Crippen molar-refractivity contribution in [1.82, 2.24) is 0 Å². The van der Waals surface area contributed by atoms with E-state index in [9.17, 15) is 4.79 Å². The smallest absolute Gasteiger partial charge is 0.152 e. The summed E-state index contributed by atoms with van der Waals surface area (Å²) in [4.78, 5) is 10.6. The van der Waals surface area contributed by atoms with Gasteiger partial charge >= 0.3 is 0 Å². The second-order valence-corrected chi connectivity index (χ2v) is 3.12. The number of nitrogens with one attached hydrogen (secondary N) is 1. The molecule has 3 heteroatoms. The van der Waals surface area contributed by atoms with Crippen molar-refractivity contribution in [2.24, 2.45) is 5.92 Å². The summed E-state index contributed by atoms with van der Waals surface area (Å²) in [6.07, 6.45) is 0.805. The van der Waals surface area contributed by atoms with Gasteiger partial charge in [-0.2, -0.15) is 5.26 Å². The van der Waals surface area contributed by atoms with E-state index in [2.05, 4.69) is 11.4 Å². The first-order valence-corrected chi connectivity index (χ1v) is 4.45. The summed E-state index contributed by atoms with van der Waals surface area (Å²) in [6.45, 7) is 2.39. The minimum absolute atomic E-state index is 0.0605. The molecule has 0 fully saturated rings. The maximum atomic E-state index is 10.6. The maximum Gasteiger partial charge on any atom is 0.152 e. The van der Waals surface area contributed by atoms with Crippen LogP contribution < -0.4 is 5.32 Å². The second kappa shape index (κ2) is 5.03. The summed E-state index contributed by atoms with van der Waals surface area (Å²) >= 11 is 0. The number of carbonyl (C=O) groups is 1. The number of carbonyl (C=O) groups excluding carboxylic acids is 1. The largest absolute Gasteiger partial charge is 0.383 e. The third-order valence-corrected chi connectivity index (χ3v) is 1.91. The molecule has 1 aromatic carbocycles. The highest BCUT2D eigenvalue weighted by molar-refractivity contribution is 5.83. The number of aldehydes is 1. The molecule has 1 rings (SSSR count). The zero-order valence-corrected chi connectivity index (χ0v) is 8.03. The van der Waals surface area contributed by atoms with Crippen LogP contribution in [-0.4, -0.2) is 12.8 Å². The fourth-order valence-corrected chi connectivity index (χ4v) is 1.07. The molecule has 0 amide bonds. The monoisotopic (exact) mass is 188 g/mol. The van der Waals surface area contributed by atoms with Crippen LogP contribution >= 0.6 is 0 Å². The van der Waals surface area contributed by atoms with Crippen LogP contribution in [0.25, 0.3) is 0 Å². The lowest BCUT2D eigenvalue weighted by atomic mass is 10.1. The van der Waals surface area contributed by atoms with Gasteiger partial charge in [-0.15, -0.1) is 0 Å². The van der Waals surface area contributed by atoms with Gasteiger partial charge in [0.25, 0.3) is 0 Å². The normalized spacial score (nSPS) is 11.4. The average molecular weight is 188 g/mol. The van der Waals surface area contributed by atoms with E-state index < -0.39 is 0 Å². The Balaban J connectivity index is 2.67. The summed E-state index contributed by atoms with van der Waals surface area (Å²) in [6, 6.07) is 9.35. The molecule has 0 aromatic heterocycles. The minimum atomic E-state index is -0.0605. The summed E-state index contributed by atoms with van der Waals surface area (Å²) in [5.41, 5.74) is 1.40. The van der Waals surface area contributed by atoms with Crippen molar-refractivity contribution in [3.05, 3.63) is 29.8 Å². The Labute approximate surface area is 83.4 Å². The van der Waals surface area contributed by atoms with E-state index in [4.69, 9.17) is 5.26 Å². The molecular weight excluding hydrogens is 176 g/mol. The first kappa shape index (κ1) is 10.3. The van der Waals surface area contributed by atoms with E-state index in [1.807, 2.05) is 25.1 Å². The van der Waals surface area contributed by atoms with Gasteiger partial charge in [0.05, 0.1) is 12.0 Å². The zero-order chi connectivity index (χ0) is 10.4. The molecule has 0 heterocycles. The number of anilines is 1. The van der Waals surface area contributed by atoms with Gasteiger partial charge in [-0.05, 0) is 19.1 Å². The van der Waals surface area contributed by atoms with Gasteiger partial charge in [0.15, 0.2) is 6.29 Å². The fraction of sp³-hybridized carbons (Fsp3) is 0.273. The minimum Gasteiger partial charge on any atom is -0.383 e. The molecule has 72 valence electrons. The molecule has 0 aliphatic carbocycles. The van der Waals surface area contributed by atoms with Gasteiger partial charge in [-0.3, -0.25) is 4.79 Å². The van der Waals surface area contributed by atoms with Gasteiger partial charge in [0, 0.05) is 17.8 Å². The molecule has 1 unspecified atom stereocenters. The highest BCUT2D eigenvalue weighted by Crippen LogP contribution is 2.12. The summed E-state index contributed by atoms with van der Waals surface area (Å²) < 4.78 is 0. The number of nitrogens with zero attached hydrogens (tertiary/aromatic N) is 1. The lowest BCUT2D eigenvalue weighted by Gasteiger charge is -2.08. The highest BCUT2D eigenvalue weighted by atomic mass is 16.1. The van der Waals surface area contributed by atoms with E-state index in [1.165, 1.54) is 0 Å². The van der Waals surface area contributed by atoms with E-state index >= 15 is 0 Å². The Morgan fingerprint density at radius 3 is 2.93 bits per heavy atom. The van der Waals surface area contributed by atoms with Crippen molar-refractivity contribution in [2.75, 3.05) is 11.9 Å². The van der Waals surface area contributed by atoms with Crippen LogP contribution in [0.15, 0.2) is 24.3 Å². The van der Waals surface area contributed by atoms with Crippen LogP contribution in [0, 0.1) is 17.2 Å². The molecule has 3 nitrogen and oxygen atoms in total. The van der Waals surface area contributed by atoms with E-state index in [0.29, 0.717) is 12.1 Å². The Morgan fingerprint density at radius 2 is 2.29 bits per heavy atom. The van der Waals surface area contributed by atoms with Gasteiger partial charge < -0.3 is 5.32 Å². The maximum absolute atomic E-state index is 10.6. The molecule has 0 aliphatic rings. The summed E-state index contributed by atoms with van der Waals surface area (Å²) in [5, 5.41) is 11.6. The number of hydrogen-bond acceptors (Lipinski definition) is 3. The molecule has 0 saturated heterocycles. The molecule has 1 atom stereocenters. The van der Waals surface area contributed by atoms with Gasteiger partial charge in [-0.25, -0.2) is 0 Å². The average Bonchev–Trinajstić information content (AvgIpc) is 2.26. The molecule has 14 heavy (non-hydrogen) atoms. The predicted octanol–water partition coefficient (Wildman–Crippen LogP) is 2.07. The van der Waals surface area contributed by atoms with E-state index in [-0.39, 0.29) is 5.92 Å². The highest BCUT2D eigenvalue weighted by Gasteiger charge is 2.02. The van der Waals surface area contributed by atoms with Crippen LogP contribution in [0.3, 0.4) is 0 Å². The standard InChI is InChI=1S/C11H12N2O/c1-9(6-12)7-13-11-5-3-2-4-10(11)8-14/h2-5,8-9,13H,7H2,1H3. The van der Waals surface area contributed by atoms with Crippen molar-refractivity contribution in [1.29, 1.82) is 5.26 Å². The SMILES string of the molecule is CC(C#N)CNc1ccccc1C=O. The van der Waals surface area contributed by atoms with Crippen molar-refractivity contribution in [2.45, 2.75) is 6.92 Å². The molecule has 0 aliphatic heterocycles. The fourth-order valence-electron chi connectivity index (χ4n) is 1.07. The van der Waals surface area contributed by atoms with E-state index in [1.54, 1.807) is 6.07 Å². The van der Waals surface area contributed by atoms with Crippen molar-refractivity contribution in [3.63, 3.8) is 0 Å². The Morgan fingerprint density at radius 1 is 1.57 bits per heavy atom. The predicted molar refractivity (Wildman–Crippen MR) is 55.1 cm³/mol. The van der Waals surface area contributed by atoms with Crippen molar-refractivity contribution < 1.29 is 4.79 Å². The Bertz CT molecular complexity index is 355. The lowest BCUT2D eigenvalue weighted by Crippen LogP contribution is -2.10. The van der Waals surface area contributed by atoms with Crippen LogP contribution in [0.1, 0.15) is 17.3 Å². The topological polar surface area (TPSA) is 52.9 Å². The van der Waals surface area contributed by atoms with Crippen molar-refractivity contribution >= 4 is 12.0 Å². The summed E-state index contributed by atoms with van der Waals surface area (Å²) in [5.74, 6) is -0.0605. The van der Waals surface area contributed by atoms with Crippen molar-refractivity contribution in [3.8, 4) is 6.07 Å². The molecular formula is C11H12N2O. The Hall–Kier alpha value is -1.82. The van der Waals surface area contributed by atoms with Gasteiger partial charge in [0.1, 0.15) is 0 Å². The summed E-state index contributed by atoms with van der Waals surface area (Å²) in [7, 11) is 0. The lowest BCUT2D eigenvalue weighted by molar-refractivity contribution is 0.112. The zero-order valence-electron chi connectivity index (χ0n) is 8.03. The first-order valence-electron chi connectivity index (χ1n) is 4.45.